The third-order valence-electron chi connectivity index (χ3n) is 6.82. The van der Waals surface area contributed by atoms with Crippen molar-refractivity contribution >= 4 is 23.8 Å². The van der Waals surface area contributed by atoms with Crippen LogP contribution in [0.5, 0.6) is 0 Å². The normalized spacial score (nSPS) is 24.4. The fourth-order valence-electron chi connectivity index (χ4n) is 4.88. The van der Waals surface area contributed by atoms with Crippen LogP contribution in [-0.2, 0) is 14.3 Å². The van der Waals surface area contributed by atoms with Crippen LogP contribution in [0.4, 0.5) is 15.0 Å². The topological polar surface area (TPSA) is 119 Å². The molecule has 10 heteroatoms. The van der Waals surface area contributed by atoms with E-state index in [2.05, 4.69) is 20.9 Å². The minimum absolute atomic E-state index is 0.00432. The Morgan fingerprint density at radius 3 is 2.19 bits per heavy atom. The lowest BCUT2D eigenvalue weighted by Gasteiger charge is -2.30. The molecule has 0 unspecified atom stereocenters. The number of halogens is 1. The van der Waals surface area contributed by atoms with Gasteiger partial charge >= 0.3 is 12.1 Å². The summed E-state index contributed by atoms with van der Waals surface area (Å²) in [4.78, 5) is 40.9. The molecule has 1 heterocycles. The smallest absolute Gasteiger partial charge is 0.407 e. The van der Waals surface area contributed by atoms with Crippen LogP contribution in [0.15, 0.2) is 12.3 Å². The lowest BCUT2D eigenvalue weighted by molar-refractivity contribution is -0.146. The molecular formula is C26H39FN4O5. The van der Waals surface area contributed by atoms with E-state index in [1.54, 1.807) is 0 Å². The first-order valence-electron chi connectivity index (χ1n) is 12.8. The van der Waals surface area contributed by atoms with Crippen LogP contribution in [0.2, 0.25) is 0 Å². The predicted octanol–water partition coefficient (Wildman–Crippen LogP) is 4.18. The summed E-state index contributed by atoms with van der Waals surface area (Å²) in [5.74, 6) is -0.469. The first kappa shape index (κ1) is 27.7. The Bertz CT molecular complexity index is 919. The van der Waals surface area contributed by atoms with Crippen molar-refractivity contribution in [2.24, 2.45) is 11.8 Å². The molecule has 1 aromatic heterocycles. The summed E-state index contributed by atoms with van der Waals surface area (Å²) in [7, 11) is 1.41. The molecule has 0 bridgehead atoms. The highest BCUT2D eigenvalue weighted by Crippen LogP contribution is 2.30. The van der Waals surface area contributed by atoms with Gasteiger partial charge in [-0.2, -0.15) is 0 Å². The summed E-state index contributed by atoms with van der Waals surface area (Å²) in [6.45, 7) is 6.05. The number of ether oxygens (including phenoxy) is 2. The van der Waals surface area contributed by atoms with Crippen LogP contribution >= 0.6 is 0 Å². The predicted molar refractivity (Wildman–Crippen MR) is 133 cm³/mol. The largest absolute Gasteiger partial charge is 0.469 e. The molecule has 200 valence electrons. The van der Waals surface area contributed by atoms with Crippen molar-refractivity contribution in [1.29, 1.82) is 0 Å². The summed E-state index contributed by atoms with van der Waals surface area (Å²) < 4.78 is 24.1. The highest BCUT2D eigenvalue weighted by Gasteiger charge is 2.28. The molecule has 0 aliphatic heterocycles. The molecule has 0 radical (unpaired) electrons. The molecule has 2 amide bonds. The van der Waals surface area contributed by atoms with E-state index < -0.39 is 17.5 Å². The first-order valence-corrected chi connectivity index (χ1v) is 12.8. The molecule has 0 atom stereocenters. The standard InChI is InChI=1S/C26H39FN4O5/c1-26(2,3)36-25(34)31-20-11-9-19(10-12-20)30-23(32)21-13-18(27)15-29-22(21)28-14-16-5-7-17(8-6-16)24(33)35-4/h13,15-17,19-20H,5-12,14H2,1-4H3,(H,28,29)(H,30,32)(H,31,34). The van der Waals surface area contributed by atoms with E-state index in [0.29, 0.717) is 44.0 Å². The first-order chi connectivity index (χ1) is 17.0. The lowest BCUT2D eigenvalue weighted by atomic mass is 9.82. The minimum atomic E-state index is -0.574. The van der Waals surface area contributed by atoms with Gasteiger partial charge in [-0.25, -0.2) is 14.2 Å². The Hall–Kier alpha value is -2.91. The lowest BCUT2D eigenvalue weighted by Crippen LogP contribution is -2.45. The van der Waals surface area contributed by atoms with Gasteiger partial charge in [-0.05, 0) is 84.1 Å². The van der Waals surface area contributed by atoms with E-state index in [1.807, 2.05) is 20.8 Å². The van der Waals surface area contributed by atoms with Crippen LogP contribution in [0, 0.1) is 17.7 Å². The van der Waals surface area contributed by atoms with E-state index in [0.717, 1.165) is 31.9 Å². The number of pyridine rings is 1. The molecule has 3 N–H and O–H groups in total. The van der Waals surface area contributed by atoms with E-state index in [4.69, 9.17) is 9.47 Å². The van der Waals surface area contributed by atoms with Crippen molar-refractivity contribution in [3.8, 4) is 0 Å². The second kappa shape index (κ2) is 12.4. The Morgan fingerprint density at radius 2 is 1.61 bits per heavy atom. The van der Waals surface area contributed by atoms with Gasteiger partial charge in [0.2, 0.25) is 0 Å². The zero-order valence-corrected chi connectivity index (χ0v) is 21.7. The van der Waals surface area contributed by atoms with Gasteiger partial charge in [-0.1, -0.05) is 0 Å². The van der Waals surface area contributed by atoms with Crippen LogP contribution in [0.3, 0.4) is 0 Å². The molecule has 0 spiro atoms. The van der Waals surface area contributed by atoms with Crippen LogP contribution in [0.1, 0.15) is 82.5 Å². The summed E-state index contributed by atoms with van der Waals surface area (Å²) in [6.07, 6.45) is 6.77. The van der Waals surface area contributed by atoms with E-state index in [1.165, 1.54) is 13.2 Å². The number of aromatic nitrogens is 1. The van der Waals surface area contributed by atoms with Crippen molar-refractivity contribution in [3.63, 3.8) is 0 Å². The number of anilines is 1. The van der Waals surface area contributed by atoms with E-state index in [9.17, 15) is 18.8 Å². The summed E-state index contributed by atoms with van der Waals surface area (Å²) >= 11 is 0. The maximum Gasteiger partial charge on any atom is 0.407 e. The summed E-state index contributed by atoms with van der Waals surface area (Å²) in [5, 5.41) is 9.10. The maximum absolute atomic E-state index is 14.0. The number of rotatable bonds is 7. The Morgan fingerprint density at radius 1 is 1.00 bits per heavy atom. The Labute approximate surface area is 212 Å². The van der Waals surface area contributed by atoms with Gasteiger partial charge in [0, 0.05) is 18.6 Å². The molecule has 2 aliphatic carbocycles. The average molecular weight is 507 g/mol. The fraction of sp³-hybridized carbons (Fsp3) is 0.692. The molecule has 2 saturated carbocycles. The van der Waals surface area contributed by atoms with E-state index in [-0.39, 0.29) is 35.4 Å². The van der Waals surface area contributed by atoms with Crippen LogP contribution in [0.25, 0.3) is 0 Å². The number of methoxy groups -OCH3 is 1. The summed E-state index contributed by atoms with van der Waals surface area (Å²) in [5.41, 5.74) is -0.380. The molecule has 2 fully saturated rings. The molecule has 1 aromatic rings. The van der Waals surface area contributed by atoms with Crippen molar-refractivity contribution < 1.29 is 28.2 Å². The highest BCUT2D eigenvalue weighted by atomic mass is 19.1. The maximum atomic E-state index is 14.0. The number of carbonyl (C=O) groups is 3. The van der Waals surface area contributed by atoms with Gasteiger partial charge in [-0.15, -0.1) is 0 Å². The molecule has 36 heavy (non-hydrogen) atoms. The Kier molecular flexibility index (Phi) is 9.50. The Balaban J connectivity index is 1.49. The molecule has 0 aromatic carbocycles. The molecule has 3 rings (SSSR count). The van der Waals surface area contributed by atoms with Crippen LogP contribution < -0.4 is 16.0 Å². The van der Waals surface area contributed by atoms with Crippen molar-refractivity contribution in [2.75, 3.05) is 19.0 Å². The molecule has 9 nitrogen and oxygen atoms in total. The number of nitrogens with zero attached hydrogens (tertiary/aromatic N) is 1. The number of hydrogen-bond acceptors (Lipinski definition) is 7. The van der Waals surface area contributed by atoms with Gasteiger partial charge in [0.05, 0.1) is 24.8 Å². The molecule has 0 saturated heterocycles. The quantitative estimate of drug-likeness (QED) is 0.475. The van der Waals surface area contributed by atoms with Crippen LogP contribution in [-0.4, -0.2) is 54.3 Å². The second-order valence-corrected chi connectivity index (χ2v) is 10.8. The van der Waals surface area contributed by atoms with Crippen molar-refractivity contribution in [2.45, 2.75) is 89.8 Å². The van der Waals surface area contributed by atoms with Gasteiger partial charge in [0.15, 0.2) is 0 Å². The van der Waals surface area contributed by atoms with Gasteiger partial charge in [-0.3, -0.25) is 9.59 Å². The monoisotopic (exact) mass is 506 g/mol. The minimum Gasteiger partial charge on any atom is -0.469 e. The van der Waals surface area contributed by atoms with Gasteiger partial charge in [0.25, 0.3) is 5.91 Å². The third kappa shape index (κ3) is 8.34. The van der Waals surface area contributed by atoms with Crippen molar-refractivity contribution in [1.82, 2.24) is 15.6 Å². The molecular weight excluding hydrogens is 467 g/mol. The zero-order valence-electron chi connectivity index (χ0n) is 21.7. The number of amides is 2. The number of hydrogen-bond donors (Lipinski definition) is 3. The average Bonchev–Trinajstić information content (AvgIpc) is 2.83. The third-order valence-corrected chi connectivity index (χ3v) is 6.82. The SMILES string of the molecule is COC(=O)C1CCC(CNc2ncc(F)cc2C(=O)NC2CCC(NC(=O)OC(C)(C)C)CC2)CC1. The number of carbonyl (C=O) groups excluding carboxylic acids is 3. The molecule has 2 aliphatic rings. The summed E-state index contributed by atoms with van der Waals surface area (Å²) in [6, 6.07) is 1.13. The van der Waals surface area contributed by atoms with Crippen molar-refractivity contribution in [3.05, 3.63) is 23.6 Å². The number of esters is 1. The fourth-order valence-corrected chi connectivity index (χ4v) is 4.88. The zero-order chi connectivity index (χ0) is 26.3. The number of nitrogens with one attached hydrogen (secondary N) is 3. The second-order valence-electron chi connectivity index (χ2n) is 10.8. The number of alkyl carbamates (subject to hydrolysis) is 1. The van der Waals surface area contributed by atoms with Gasteiger partial charge < -0.3 is 25.4 Å². The van der Waals surface area contributed by atoms with Gasteiger partial charge in [0.1, 0.15) is 17.2 Å². The van der Waals surface area contributed by atoms with E-state index >= 15 is 0 Å². The highest BCUT2D eigenvalue weighted by molar-refractivity contribution is 5.98.